The number of anilines is 1. The lowest BCUT2D eigenvalue weighted by atomic mass is 10.0. The highest BCUT2D eigenvalue weighted by atomic mass is 32.2. The Morgan fingerprint density at radius 1 is 1.09 bits per heavy atom. The van der Waals surface area contributed by atoms with Gasteiger partial charge in [-0.05, 0) is 60.6 Å². The number of ether oxygens (including phenoxy) is 1. The molecule has 178 valence electrons. The molecule has 2 aliphatic heterocycles. The second-order valence-electron chi connectivity index (χ2n) is 8.02. The molecule has 0 bridgehead atoms. The number of thioether (sulfide) groups is 2. The second-order valence-corrected chi connectivity index (χ2v) is 10.7. The molecule has 0 radical (unpaired) electrons. The molecule has 2 fully saturated rings. The number of benzene rings is 1. The van der Waals surface area contributed by atoms with E-state index in [1.165, 1.54) is 29.6 Å². The van der Waals surface area contributed by atoms with Crippen LogP contribution in [0.2, 0.25) is 0 Å². The van der Waals surface area contributed by atoms with E-state index < -0.39 is 11.7 Å². The number of nitrogens with zero attached hydrogens (tertiary/aromatic N) is 2. The Kier molecular flexibility index (Phi) is 7.95. The van der Waals surface area contributed by atoms with Gasteiger partial charge in [0.15, 0.2) is 6.61 Å². The van der Waals surface area contributed by atoms with Crippen LogP contribution < -0.4 is 15.0 Å². The van der Waals surface area contributed by atoms with E-state index in [1.54, 1.807) is 0 Å². The molecule has 1 aromatic carbocycles. The molecular formula is C23H26F3N3O2S2. The lowest BCUT2D eigenvalue weighted by Crippen LogP contribution is -2.46. The lowest BCUT2D eigenvalue weighted by Gasteiger charge is -2.33. The maximum absolute atomic E-state index is 12.7. The molecule has 0 spiro atoms. The number of hydrogen-bond acceptors (Lipinski definition) is 6. The average Bonchev–Trinajstić information content (AvgIpc) is 2.84. The van der Waals surface area contributed by atoms with E-state index in [4.69, 9.17) is 4.74 Å². The summed E-state index contributed by atoms with van der Waals surface area (Å²) in [5.74, 6) is 3.39. The summed E-state index contributed by atoms with van der Waals surface area (Å²) in [7, 11) is 0. The minimum atomic E-state index is -4.39. The van der Waals surface area contributed by atoms with E-state index in [-0.39, 0.29) is 18.6 Å². The lowest BCUT2D eigenvalue weighted by molar-refractivity contribution is -0.137. The summed E-state index contributed by atoms with van der Waals surface area (Å²) < 4.78 is 44.2. The third-order valence-electron chi connectivity index (χ3n) is 5.61. The van der Waals surface area contributed by atoms with Gasteiger partial charge < -0.3 is 15.0 Å². The third-order valence-corrected chi connectivity index (χ3v) is 8.62. The largest absolute Gasteiger partial charge is 0.484 e. The Bertz CT molecular complexity index is 912. The molecule has 5 nitrogen and oxygen atoms in total. The van der Waals surface area contributed by atoms with Crippen molar-refractivity contribution in [2.45, 2.75) is 36.1 Å². The summed E-state index contributed by atoms with van der Waals surface area (Å²) in [6.07, 6.45) is -0.882. The van der Waals surface area contributed by atoms with E-state index in [2.05, 4.69) is 22.4 Å². The predicted octanol–water partition coefficient (Wildman–Crippen LogP) is 5.13. The van der Waals surface area contributed by atoms with Gasteiger partial charge in [0.1, 0.15) is 11.6 Å². The predicted molar refractivity (Wildman–Crippen MR) is 127 cm³/mol. The van der Waals surface area contributed by atoms with Crippen LogP contribution in [0.3, 0.4) is 0 Å². The number of aromatic nitrogens is 1. The number of pyridine rings is 1. The highest BCUT2D eigenvalue weighted by Crippen LogP contribution is 2.43. The fourth-order valence-corrected chi connectivity index (χ4v) is 6.71. The van der Waals surface area contributed by atoms with Crippen LogP contribution in [0.25, 0.3) is 0 Å². The van der Waals surface area contributed by atoms with Crippen molar-refractivity contribution in [1.82, 2.24) is 10.3 Å². The van der Waals surface area contributed by atoms with Crippen molar-refractivity contribution in [3.05, 3.63) is 53.7 Å². The van der Waals surface area contributed by atoms with E-state index in [1.807, 2.05) is 40.6 Å². The first-order valence-electron chi connectivity index (χ1n) is 10.9. The number of rotatable bonds is 6. The summed E-state index contributed by atoms with van der Waals surface area (Å²) in [4.78, 5) is 18.2. The summed E-state index contributed by atoms with van der Waals surface area (Å²) in [6.45, 7) is 1.18. The molecule has 4 rings (SSSR count). The van der Waals surface area contributed by atoms with Gasteiger partial charge in [-0.15, -0.1) is 23.5 Å². The Balaban J connectivity index is 1.19. The number of carbonyl (C=O) groups is 1. The maximum atomic E-state index is 12.7. The van der Waals surface area contributed by atoms with Gasteiger partial charge in [0, 0.05) is 25.3 Å². The van der Waals surface area contributed by atoms with Gasteiger partial charge in [-0.25, -0.2) is 4.98 Å². The maximum Gasteiger partial charge on any atom is 0.417 e. The number of hydrogen-bond donors (Lipinski definition) is 1. The summed E-state index contributed by atoms with van der Waals surface area (Å²) in [6, 6.07) is 10.4. The van der Waals surface area contributed by atoms with Crippen molar-refractivity contribution in [3.8, 4) is 5.75 Å². The van der Waals surface area contributed by atoms with Crippen LogP contribution in [0.1, 0.15) is 35.0 Å². The first-order chi connectivity index (χ1) is 15.9. The molecule has 10 heteroatoms. The SMILES string of the molecule is O=C(COc1ccc(C2SCCCS2)cc1)NC1CCN(c2ccc(C(F)(F)F)cn2)CC1. The minimum absolute atomic E-state index is 0.00882. The molecule has 0 unspecified atom stereocenters. The van der Waals surface area contributed by atoms with Gasteiger partial charge in [0.05, 0.1) is 10.1 Å². The van der Waals surface area contributed by atoms with Gasteiger partial charge in [0.25, 0.3) is 5.91 Å². The van der Waals surface area contributed by atoms with Crippen molar-refractivity contribution in [3.63, 3.8) is 0 Å². The zero-order valence-electron chi connectivity index (χ0n) is 18.0. The first-order valence-corrected chi connectivity index (χ1v) is 13.0. The molecular weight excluding hydrogens is 471 g/mol. The molecule has 33 heavy (non-hydrogen) atoms. The summed E-state index contributed by atoms with van der Waals surface area (Å²) in [5, 5.41) is 2.99. The molecule has 2 aliphatic rings. The van der Waals surface area contributed by atoms with Crippen molar-refractivity contribution >= 4 is 35.2 Å². The number of nitrogens with one attached hydrogen (secondary N) is 1. The van der Waals surface area contributed by atoms with E-state index in [0.717, 1.165) is 12.3 Å². The first kappa shape index (κ1) is 24.1. The topological polar surface area (TPSA) is 54.5 Å². The van der Waals surface area contributed by atoms with Crippen LogP contribution in [0.15, 0.2) is 42.6 Å². The fraction of sp³-hybridized carbons (Fsp3) is 0.478. The number of amides is 1. The Morgan fingerprint density at radius 3 is 2.39 bits per heavy atom. The number of piperidine rings is 1. The third kappa shape index (κ3) is 6.72. The van der Waals surface area contributed by atoms with Crippen LogP contribution in [-0.4, -0.2) is 48.1 Å². The fourth-order valence-electron chi connectivity index (χ4n) is 3.81. The van der Waals surface area contributed by atoms with Crippen LogP contribution in [0.5, 0.6) is 5.75 Å². The van der Waals surface area contributed by atoms with Crippen molar-refractivity contribution < 1.29 is 22.7 Å². The molecule has 0 atom stereocenters. The zero-order valence-corrected chi connectivity index (χ0v) is 19.6. The number of halogens is 3. The van der Waals surface area contributed by atoms with Crippen molar-refractivity contribution in [1.29, 1.82) is 0 Å². The molecule has 1 aromatic heterocycles. The van der Waals surface area contributed by atoms with Crippen molar-refractivity contribution in [2.24, 2.45) is 0 Å². The molecule has 1 N–H and O–H groups in total. The van der Waals surface area contributed by atoms with Gasteiger partial charge >= 0.3 is 6.18 Å². The van der Waals surface area contributed by atoms with E-state index in [0.29, 0.717) is 42.1 Å². The highest BCUT2D eigenvalue weighted by Gasteiger charge is 2.31. The van der Waals surface area contributed by atoms with Gasteiger partial charge in [-0.3, -0.25) is 4.79 Å². The van der Waals surface area contributed by atoms with Gasteiger partial charge in [0.2, 0.25) is 0 Å². The van der Waals surface area contributed by atoms with Crippen molar-refractivity contribution in [2.75, 3.05) is 36.1 Å². The van der Waals surface area contributed by atoms with Gasteiger partial charge in [-0.2, -0.15) is 13.2 Å². The Labute approximate surface area is 199 Å². The van der Waals surface area contributed by atoms with Gasteiger partial charge in [-0.1, -0.05) is 12.1 Å². The monoisotopic (exact) mass is 497 g/mol. The molecule has 2 aromatic rings. The minimum Gasteiger partial charge on any atom is -0.484 e. The highest BCUT2D eigenvalue weighted by molar-refractivity contribution is 8.16. The Morgan fingerprint density at radius 2 is 1.79 bits per heavy atom. The molecule has 3 heterocycles. The number of alkyl halides is 3. The molecule has 0 aliphatic carbocycles. The molecule has 1 amide bonds. The Hall–Kier alpha value is -2.07. The standard InChI is InChI=1S/C23H26F3N3O2S2/c24-23(25,26)17-4-7-20(27-14-17)29-10-8-18(9-11-29)28-21(30)15-31-19-5-2-16(3-6-19)22-32-12-1-13-33-22/h2-7,14,18,22H,1,8-13,15H2,(H,28,30). The van der Waals surface area contributed by atoms with Crippen LogP contribution in [0.4, 0.5) is 19.0 Å². The van der Waals surface area contributed by atoms with E-state index in [9.17, 15) is 18.0 Å². The summed E-state index contributed by atoms with van der Waals surface area (Å²) >= 11 is 3.93. The zero-order chi connectivity index (χ0) is 23.3. The van der Waals surface area contributed by atoms with Crippen LogP contribution in [0, 0.1) is 0 Å². The van der Waals surface area contributed by atoms with Crippen LogP contribution in [-0.2, 0) is 11.0 Å². The molecule has 0 saturated carbocycles. The quantitative estimate of drug-likeness (QED) is 0.597. The molecule has 2 saturated heterocycles. The smallest absolute Gasteiger partial charge is 0.417 e. The summed E-state index contributed by atoms with van der Waals surface area (Å²) in [5.41, 5.74) is 0.519. The normalized spacial score (nSPS) is 18.2. The second kappa shape index (κ2) is 10.9. The number of carbonyl (C=O) groups excluding carboxylic acids is 1. The van der Waals surface area contributed by atoms with E-state index >= 15 is 0 Å². The average molecular weight is 498 g/mol. The van der Waals surface area contributed by atoms with Crippen LogP contribution >= 0.6 is 23.5 Å².